The van der Waals surface area contributed by atoms with Gasteiger partial charge in [-0.15, -0.1) is 0 Å². The molecule has 2 amide bonds. The van der Waals surface area contributed by atoms with Crippen molar-refractivity contribution in [3.05, 3.63) is 120 Å². The van der Waals surface area contributed by atoms with Crippen molar-refractivity contribution in [2.75, 3.05) is 12.4 Å². The maximum absolute atomic E-state index is 13.3. The molecule has 0 aromatic heterocycles. The van der Waals surface area contributed by atoms with Crippen LogP contribution in [0.4, 0.5) is 10.5 Å². The van der Waals surface area contributed by atoms with Gasteiger partial charge in [-0.2, -0.15) is 0 Å². The second-order valence-corrected chi connectivity index (χ2v) is 10.6. The molecule has 40 heavy (non-hydrogen) atoms. The van der Waals surface area contributed by atoms with Gasteiger partial charge in [0.2, 0.25) is 0 Å². The van der Waals surface area contributed by atoms with Crippen molar-refractivity contribution < 1.29 is 9.53 Å². The molecule has 1 fully saturated rings. The maximum atomic E-state index is 13.3. The van der Waals surface area contributed by atoms with Crippen LogP contribution in [-0.4, -0.2) is 24.1 Å². The lowest BCUT2D eigenvalue weighted by atomic mass is 9.95. The third kappa shape index (κ3) is 7.73. The Balaban J connectivity index is 1.23. The van der Waals surface area contributed by atoms with E-state index in [1.807, 2.05) is 59.5 Å². The summed E-state index contributed by atoms with van der Waals surface area (Å²) >= 11 is 0. The largest absolute Gasteiger partial charge is 0.497 e. The minimum Gasteiger partial charge on any atom is -0.497 e. The van der Waals surface area contributed by atoms with Crippen molar-refractivity contribution >= 4 is 11.7 Å². The number of carbonyl (C=O) groups excluding carboxylic acids is 1. The highest BCUT2D eigenvalue weighted by Crippen LogP contribution is 2.23. The summed E-state index contributed by atoms with van der Waals surface area (Å²) in [4.78, 5) is 15.2. The summed E-state index contributed by atoms with van der Waals surface area (Å²) in [7, 11) is 1.63. The Kier molecular flexibility index (Phi) is 9.49. The molecule has 0 heterocycles. The number of nitrogens with zero attached hydrogens (tertiary/aromatic N) is 1. The summed E-state index contributed by atoms with van der Waals surface area (Å²) in [6.45, 7) is 1.95. The maximum Gasteiger partial charge on any atom is 0.322 e. The van der Waals surface area contributed by atoms with Crippen molar-refractivity contribution in [2.24, 2.45) is 0 Å². The molecule has 0 bridgehead atoms. The SMILES string of the molecule is COc1ccc(NC(=O)N(Cc2ccccc2)Cc2ccc(-c3ccc(CNC4CCCCC4)cc3)cc2)cc1. The van der Waals surface area contributed by atoms with Gasteiger partial charge in [0, 0.05) is 31.4 Å². The van der Waals surface area contributed by atoms with Crippen LogP contribution >= 0.6 is 0 Å². The predicted octanol–water partition coefficient (Wildman–Crippen LogP) is 8.02. The van der Waals surface area contributed by atoms with Crippen molar-refractivity contribution in [1.82, 2.24) is 10.2 Å². The zero-order valence-electron chi connectivity index (χ0n) is 23.3. The van der Waals surface area contributed by atoms with Gasteiger partial charge in [-0.3, -0.25) is 0 Å². The Hall–Kier alpha value is -4.09. The number of hydrogen-bond acceptors (Lipinski definition) is 3. The van der Waals surface area contributed by atoms with Gasteiger partial charge in [0.25, 0.3) is 0 Å². The summed E-state index contributed by atoms with van der Waals surface area (Å²) in [5, 5.41) is 6.76. The normalized spacial score (nSPS) is 13.5. The van der Waals surface area contributed by atoms with Gasteiger partial charge in [-0.1, -0.05) is 98.1 Å². The van der Waals surface area contributed by atoms with E-state index < -0.39 is 0 Å². The van der Waals surface area contributed by atoms with Crippen molar-refractivity contribution in [2.45, 2.75) is 57.8 Å². The number of methoxy groups -OCH3 is 1. The molecular weight excluding hydrogens is 494 g/mol. The van der Waals surface area contributed by atoms with E-state index in [2.05, 4.69) is 59.2 Å². The molecule has 0 unspecified atom stereocenters. The lowest BCUT2D eigenvalue weighted by molar-refractivity contribution is 0.206. The van der Waals surface area contributed by atoms with Crippen LogP contribution in [0.1, 0.15) is 48.8 Å². The minimum atomic E-state index is -0.143. The number of rotatable bonds is 10. The lowest BCUT2D eigenvalue weighted by Gasteiger charge is -2.24. The molecule has 1 saturated carbocycles. The molecule has 0 spiro atoms. The Morgan fingerprint density at radius 1 is 0.725 bits per heavy atom. The van der Waals surface area contributed by atoms with Crippen LogP contribution in [0.15, 0.2) is 103 Å². The number of hydrogen-bond donors (Lipinski definition) is 2. The van der Waals surface area contributed by atoms with Gasteiger partial charge < -0.3 is 20.3 Å². The fourth-order valence-electron chi connectivity index (χ4n) is 5.29. The number of amides is 2. The zero-order valence-corrected chi connectivity index (χ0v) is 23.3. The molecule has 206 valence electrons. The van der Waals surface area contributed by atoms with Crippen LogP contribution in [0, 0.1) is 0 Å². The first kappa shape index (κ1) is 27.5. The van der Waals surface area contributed by atoms with E-state index in [4.69, 9.17) is 4.74 Å². The predicted molar refractivity (Wildman–Crippen MR) is 163 cm³/mol. The molecular formula is C35H39N3O2. The topological polar surface area (TPSA) is 53.6 Å². The Bertz CT molecular complexity index is 1330. The second kappa shape index (κ2) is 13.8. The first-order valence-electron chi connectivity index (χ1n) is 14.3. The molecule has 0 saturated heterocycles. The van der Waals surface area contributed by atoms with Gasteiger partial charge in [0.15, 0.2) is 0 Å². The van der Waals surface area contributed by atoms with Gasteiger partial charge >= 0.3 is 6.03 Å². The van der Waals surface area contributed by atoms with E-state index in [1.165, 1.54) is 48.8 Å². The van der Waals surface area contributed by atoms with Crippen LogP contribution in [0.3, 0.4) is 0 Å². The Morgan fingerprint density at radius 2 is 1.30 bits per heavy atom. The minimum absolute atomic E-state index is 0.143. The number of urea groups is 1. The number of ether oxygens (including phenoxy) is 1. The first-order chi connectivity index (χ1) is 19.7. The average Bonchev–Trinajstić information content (AvgIpc) is 3.02. The summed E-state index contributed by atoms with van der Waals surface area (Å²) in [5.41, 5.74) is 6.60. The van der Waals surface area contributed by atoms with Crippen molar-refractivity contribution in [1.29, 1.82) is 0 Å². The highest BCUT2D eigenvalue weighted by Gasteiger charge is 2.16. The molecule has 1 aliphatic rings. The Labute approximate surface area is 238 Å². The Morgan fingerprint density at radius 3 is 1.90 bits per heavy atom. The number of nitrogens with one attached hydrogen (secondary N) is 2. The van der Waals surface area contributed by atoms with Crippen LogP contribution in [0.25, 0.3) is 11.1 Å². The lowest BCUT2D eigenvalue weighted by Crippen LogP contribution is -2.34. The molecule has 4 aromatic carbocycles. The van der Waals surface area contributed by atoms with Gasteiger partial charge in [0.05, 0.1) is 7.11 Å². The van der Waals surface area contributed by atoms with Crippen LogP contribution < -0.4 is 15.4 Å². The average molecular weight is 534 g/mol. The van der Waals surface area contributed by atoms with E-state index >= 15 is 0 Å². The third-order valence-corrected chi connectivity index (χ3v) is 7.66. The quantitative estimate of drug-likeness (QED) is 0.217. The number of carbonyl (C=O) groups is 1. The molecule has 0 radical (unpaired) electrons. The van der Waals surface area contributed by atoms with E-state index in [1.54, 1.807) is 7.11 Å². The molecule has 5 rings (SSSR count). The molecule has 0 aliphatic heterocycles. The zero-order chi connectivity index (χ0) is 27.6. The molecule has 1 aliphatic carbocycles. The molecule has 0 atom stereocenters. The third-order valence-electron chi connectivity index (χ3n) is 7.66. The molecule has 2 N–H and O–H groups in total. The number of anilines is 1. The van der Waals surface area contributed by atoms with Gasteiger partial charge in [0.1, 0.15) is 5.75 Å². The standard InChI is InChI=1S/C35H39N3O2/c1-40-34-22-20-33(21-23-34)37-35(39)38(25-28-8-4-2-5-9-28)26-29-14-18-31(19-15-29)30-16-12-27(13-17-30)24-36-32-10-6-3-7-11-32/h2,4-5,8-9,12-23,32,36H,3,6-7,10-11,24-26H2,1H3,(H,37,39). The highest BCUT2D eigenvalue weighted by atomic mass is 16.5. The van der Waals surface area contributed by atoms with E-state index in [0.29, 0.717) is 19.1 Å². The van der Waals surface area contributed by atoms with Crippen molar-refractivity contribution in [3.8, 4) is 16.9 Å². The highest BCUT2D eigenvalue weighted by molar-refractivity contribution is 5.89. The second-order valence-electron chi connectivity index (χ2n) is 10.6. The van der Waals surface area contributed by atoms with Gasteiger partial charge in [-0.05, 0) is 64.9 Å². The summed E-state index contributed by atoms with van der Waals surface area (Å²) in [6, 6.07) is 35.4. The fraction of sp³-hybridized carbons (Fsp3) is 0.286. The summed E-state index contributed by atoms with van der Waals surface area (Å²) < 4.78 is 5.23. The van der Waals surface area contributed by atoms with Crippen LogP contribution in [0.2, 0.25) is 0 Å². The van der Waals surface area contributed by atoms with Crippen LogP contribution in [-0.2, 0) is 19.6 Å². The summed E-state index contributed by atoms with van der Waals surface area (Å²) in [6.07, 6.45) is 6.69. The molecule has 5 heteroatoms. The van der Waals surface area contributed by atoms with Gasteiger partial charge in [-0.25, -0.2) is 4.79 Å². The van der Waals surface area contributed by atoms with E-state index in [-0.39, 0.29) is 6.03 Å². The molecule has 4 aromatic rings. The monoisotopic (exact) mass is 533 g/mol. The van der Waals surface area contributed by atoms with E-state index in [9.17, 15) is 4.79 Å². The fourth-order valence-corrected chi connectivity index (χ4v) is 5.29. The first-order valence-corrected chi connectivity index (χ1v) is 14.3. The molecule has 5 nitrogen and oxygen atoms in total. The smallest absolute Gasteiger partial charge is 0.322 e. The van der Waals surface area contributed by atoms with Crippen LogP contribution in [0.5, 0.6) is 5.75 Å². The van der Waals surface area contributed by atoms with E-state index in [0.717, 1.165) is 29.1 Å². The van der Waals surface area contributed by atoms with Crippen molar-refractivity contribution in [3.63, 3.8) is 0 Å². The summed E-state index contributed by atoms with van der Waals surface area (Å²) in [5.74, 6) is 0.755. The number of benzene rings is 4.